The number of carbonyl (C=O) groups excluding carboxylic acids is 1. The average molecular weight is 652 g/mol. The van der Waals surface area contributed by atoms with E-state index < -0.39 is 5.97 Å². The number of amides is 1. The Morgan fingerprint density at radius 1 is 1.14 bits per heavy atom. The molecule has 15 heteroatoms. The van der Waals surface area contributed by atoms with Crippen LogP contribution >= 0.6 is 34.5 Å². The van der Waals surface area contributed by atoms with E-state index >= 15 is 0 Å². The van der Waals surface area contributed by atoms with Gasteiger partial charge in [0.05, 0.1) is 34.6 Å². The van der Waals surface area contributed by atoms with Crippen molar-refractivity contribution in [3.8, 4) is 11.4 Å². The summed E-state index contributed by atoms with van der Waals surface area (Å²) >= 11 is 13.5. The van der Waals surface area contributed by atoms with Crippen LogP contribution in [0.4, 0.5) is 10.9 Å². The highest BCUT2D eigenvalue weighted by Crippen LogP contribution is 2.34. The fraction of sp³-hybridized carbons (Fsp3) is 0.536. The third-order valence-corrected chi connectivity index (χ3v) is 9.79. The van der Waals surface area contributed by atoms with Crippen LogP contribution in [0.1, 0.15) is 46.1 Å². The topological polar surface area (TPSA) is 140 Å². The summed E-state index contributed by atoms with van der Waals surface area (Å²) in [7, 11) is 1.58. The number of nitrogens with one attached hydrogen (secondary N) is 2. The van der Waals surface area contributed by atoms with E-state index in [2.05, 4.69) is 43.9 Å². The highest BCUT2D eigenvalue weighted by atomic mass is 35.5. The standard InChI is InChI=1S/C28H36Cl2N8O4S/c1-15(2)13-36-7-9-37(10-8-36)20-12-31-18(11-32-20)23-25(27(40)41)43-28(35-23)38-6-5-17(19(14-38)42-4)34-26(39)24-22(30)21(29)16(3)33-24/h11-12,15,17,19,33H,5-10,13-14H2,1-4H3,(H,34,39)(H,40,41)/t17-,19+/m1/s1. The summed E-state index contributed by atoms with van der Waals surface area (Å²) in [5.74, 6) is -0.0493. The maximum atomic E-state index is 12.9. The van der Waals surface area contributed by atoms with E-state index in [1.165, 1.54) is 0 Å². The predicted octanol–water partition coefficient (Wildman–Crippen LogP) is 4.04. The monoisotopic (exact) mass is 650 g/mol. The Morgan fingerprint density at radius 3 is 2.47 bits per heavy atom. The van der Waals surface area contributed by atoms with Gasteiger partial charge in [-0.3, -0.25) is 9.69 Å². The van der Waals surface area contributed by atoms with Crippen molar-refractivity contribution in [3.05, 3.63) is 38.7 Å². The molecule has 232 valence electrons. The molecule has 2 aliphatic heterocycles. The zero-order chi connectivity index (χ0) is 30.8. The van der Waals surface area contributed by atoms with Gasteiger partial charge in [0.15, 0.2) is 5.13 Å². The molecule has 3 aromatic rings. The second kappa shape index (κ2) is 13.3. The van der Waals surface area contributed by atoms with Crippen LogP contribution in [0.5, 0.6) is 0 Å². The first-order chi connectivity index (χ1) is 20.5. The van der Waals surface area contributed by atoms with Crippen LogP contribution in [0.15, 0.2) is 12.4 Å². The van der Waals surface area contributed by atoms with Gasteiger partial charge in [0.1, 0.15) is 27.8 Å². The van der Waals surface area contributed by atoms with Gasteiger partial charge in [-0.1, -0.05) is 48.4 Å². The number of aromatic carboxylic acids is 1. The number of anilines is 2. The van der Waals surface area contributed by atoms with Crippen LogP contribution in [0.25, 0.3) is 11.4 Å². The molecule has 1 amide bonds. The van der Waals surface area contributed by atoms with Crippen molar-refractivity contribution in [1.82, 2.24) is 30.2 Å². The van der Waals surface area contributed by atoms with Gasteiger partial charge in [0.2, 0.25) is 0 Å². The van der Waals surface area contributed by atoms with Gasteiger partial charge in [-0.15, -0.1) is 0 Å². The molecule has 43 heavy (non-hydrogen) atoms. The van der Waals surface area contributed by atoms with Crippen LogP contribution in [0.3, 0.4) is 0 Å². The molecule has 2 atom stereocenters. The highest BCUT2D eigenvalue weighted by molar-refractivity contribution is 7.17. The molecule has 0 spiro atoms. The molecule has 0 bridgehead atoms. The summed E-state index contributed by atoms with van der Waals surface area (Å²) in [4.78, 5) is 48.6. The van der Waals surface area contributed by atoms with Crippen molar-refractivity contribution in [3.63, 3.8) is 0 Å². The van der Waals surface area contributed by atoms with E-state index in [-0.39, 0.29) is 39.3 Å². The Hall–Kier alpha value is -2.97. The van der Waals surface area contributed by atoms with Crippen LogP contribution < -0.4 is 15.1 Å². The van der Waals surface area contributed by atoms with Gasteiger partial charge < -0.3 is 29.9 Å². The average Bonchev–Trinajstić information content (AvgIpc) is 3.55. The number of aromatic amines is 1. The smallest absolute Gasteiger partial charge is 0.348 e. The first-order valence-electron chi connectivity index (χ1n) is 14.2. The summed E-state index contributed by atoms with van der Waals surface area (Å²) in [5, 5.41) is 14.0. The number of piperazine rings is 1. The number of piperidine rings is 1. The van der Waals surface area contributed by atoms with E-state index in [1.54, 1.807) is 26.4 Å². The lowest BCUT2D eigenvalue weighted by Gasteiger charge is -2.37. The van der Waals surface area contributed by atoms with Crippen molar-refractivity contribution in [1.29, 1.82) is 0 Å². The number of halogens is 2. The van der Waals surface area contributed by atoms with Crippen LogP contribution in [0, 0.1) is 12.8 Å². The Morgan fingerprint density at radius 2 is 1.88 bits per heavy atom. The maximum absolute atomic E-state index is 12.9. The van der Waals surface area contributed by atoms with Gasteiger partial charge in [-0.2, -0.15) is 0 Å². The van der Waals surface area contributed by atoms with E-state index in [0.29, 0.717) is 47.0 Å². The molecule has 3 aromatic heterocycles. The number of rotatable bonds is 9. The normalized spacial score (nSPS) is 19.7. The zero-order valence-corrected chi connectivity index (χ0v) is 26.9. The fourth-order valence-electron chi connectivity index (χ4n) is 5.51. The van der Waals surface area contributed by atoms with Gasteiger partial charge >= 0.3 is 5.97 Å². The number of carboxylic acid groups (broad SMARTS) is 1. The number of carbonyl (C=O) groups is 2. The van der Waals surface area contributed by atoms with Gasteiger partial charge in [0.25, 0.3) is 5.91 Å². The maximum Gasteiger partial charge on any atom is 0.348 e. The minimum absolute atomic E-state index is 0.0948. The molecule has 5 heterocycles. The van der Waals surface area contributed by atoms with E-state index in [9.17, 15) is 14.7 Å². The summed E-state index contributed by atoms with van der Waals surface area (Å²) in [6.45, 7) is 11.9. The lowest BCUT2D eigenvalue weighted by Crippen LogP contribution is -2.55. The van der Waals surface area contributed by atoms with E-state index in [4.69, 9.17) is 32.9 Å². The second-order valence-electron chi connectivity index (χ2n) is 11.3. The molecule has 5 rings (SSSR count). The summed E-state index contributed by atoms with van der Waals surface area (Å²) in [6.07, 6.45) is 3.47. The molecule has 0 unspecified atom stereocenters. The van der Waals surface area contributed by atoms with Crippen LogP contribution in [0.2, 0.25) is 10.0 Å². The van der Waals surface area contributed by atoms with Crippen molar-refractivity contribution in [2.24, 2.45) is 5.92 Å². The Bertz CT molecular complexity index is 1460. The minimum Gasteiger partial charge on any atom is -0.477 e. The van der Waals surface area contributed by atoms with Crippen molar-refractivity contribution < 1.29 is 19.4 Å². The number of nitrogens with zero attached hydrogens (tertiary/aromatic N) is 6. The quantitative estimate of drug-likeness (QED) is 0.311. The molecular formula is C28H36Cl2N8O4S. The zero-order valence-electron chi connectivity index (χ0n) is 24.6. The van der Waals surface area contributed by atoms with Gasteiger partial charge in [-0.05, 0) is 19.3 Å². The predicted molar refractivity (Wildman–Crippen MR) is 168 cm³/mol. The lowest BCUT2D eigenvalue weighted by atomic mass is 10.0. The van der Waals surface area contributed by atoms with E-state index in [1.807, 2.05) is 4.90 Å². The van der Waals surface area contributed by atoms with E-state index in [0.717, 1.165) is 49.9 Å². The molecule has 3 N–H and O–H groups in total. The molecule has 0 aliphatic carbocycles. The van der Waals surface area contributed by atoms with Crippen molar-refractivity contribution >= 4 is 57.4 Å². The Labute approximate surface area is 264 Å². The van der Waals surface area contributed by atoms with Gasteiger partial charge in [0, 0.05) is 58.6 Å². The number of H-pyrrole nitrogens is 1. The molecule has 0 aromatic carbocycles. The number of aromatic nitrogens is 4. The number of carboxylic acids is 1. The summed E-state index contributed by atoms with van der Waals surface area (Å²) in [6, 6.07) is -0.295. The molecule has 0 radical (unpaired) electrons. The third-order valence-electron chi connectivity index (χ3n) is 7.74. The number of thiazole rings is 1. The summed E-state index contributed by atoms with van der Waals surface area (Å²) in [5.41, 5.74) is 1.51. The highest BCUT2D eigenvalue weighted by Gasteiger charge is 2.34. The minimum atomic E-state index is -1.08. The SMILES string of the molecule is CO[C@H]1CN(c2nc(-c3cnc(N4CCN(CC(C)C)CC4)cn3)c(C(=O)O)s2)CC[C@H]1NC(=O)c1[nH]c(C)c(Cl)c1Cl. The van der Waals surface area contributed by atoms with Crippen LogP contribution in [-0.4, -0.2) is 107 Å². The Kier molecular flexibility index (Phi) is 9.76. The first kappa shape index (κ1) is 31.5. The van der Waals surface area contributed by atoms with Crippen LogP contribution in [-0.2, 0) is 4.74 Å². The lowest BCUT2D eigenvalue weighted by molar-refractivity contribution is 0.0540. The van der Waals surface area contributed by atoms with Crippen molar-refractivity contribution in [2.45, 2.75) is 39.3 Å². The second-order valence-corrected chi connectivity index (χ2v) is 13.0. The molecule has 2 fully saturated rings. The largest absolute Gasteiger partial charge is 0.477 e. The third kappa shape index (κ3) is 6.91. The number of hydrogen-bond donors (Lipinski definition) is 3. The molecular weight excluding hydrogens is 615 g/mol. The number of ether oxygens (including phenoxy) is 1. The first-order valence-corrected chi connectivity index (χ1v) is 15.8. The molecule has 2 aliphatic rings. The molecule has 12 nitrogen and oxygen atoms in total. The molecule has 2 saturated heterocycles. The fourth-order valence-corrected chi connectivity index (χ4v) is 6.87. The number of hydrogen-bond acceptors (Lipinski definition) is 10. The summed E-state index contributed by atoms with van der Waals surface area (Å²) < 4.78 is 5.72. The molecule has 0 saturated carbocycles. The van der Waals surface area contributed by atoms with Gasteiger partial charge in [-0.25, -0.2) is 19.7 Å². The number of methoxy groups -OCH3 is 1. The number of aryl methyl sites for hydroxylation is 1. The Balaban J connectivity index is 1.27. The van der Waals surface area contributed by atoms with Crippen molar-refractivity contribution in [2.75, 3.05) is 62.7 Å².